The van der Waals surface area contributed by atoms with Crippen molar-refractivity contribution in [2.75, 3.05) is 5.73 Å². The second-order valence-corrected chi connectivity index (χ2v) is 5.23. The number of aryl methyl sites for hydroxylation is 2. The highest BCUT2D eigenvalue weighted by Gasteiger charge is 2.35. The van der Waals surface area contributed by atoms with Gasteiger partial charge in [0.05, 0.1) is 17.9 Å². The minimum atomic E-state index is -0.127. The van der Waals surface area contributed by atoms with E-state index in [0.29, 0.717) is 17.9 Å². The Morgan fingerprint density at radius 3 is 2.85 bits per heavy atom. The van der Waals surface area contributed by atoms with Gasteiger partial charge in [-0.2, -0.15) is 5.10 Å². The van der Waals surface area contributed by atoms with Crippen LogP contribution in [-0.4, -0.2) is 36.6 Å². The fourth-order valence-electron chi connectivity index (χ4n) is 2.19. The van der Waals surface area contributed by atoms with Gasteiger partial charge in [0.2, 0.25) is 0 Å². The van der Waals surface area contributed by atoms with Crippen LogP contribution in [0.5, 0.6) is 0 Å². The van der Waals surface area contributed by atoms with Crippen molar-refractivity contribution in [3.63, 3.8) is 0 Å². The fourth-order valence-corrected chi connectivity index (χ4v) is 2.19. The minimum absolute atomic E-state index is 0.127. The summed E-state index contributed by atoms with van der Waals surface area (Å²) in [6, 6.07) is 0.274. The normalized spacial score (nSPS) is 14.5. The number of rotatable bonds is 4. The van der Waals surface area contributed by atoms with Gasteiger partial charge >= 0.3 is 0 Å². The first-order valence-electron chi connectivity index (χ1n) is 6.65. The Labute approximate surface area is 116 Å². The topological polar surface area (TPSA) is 92.8 Å². The number of anilines is 1. The van der Waals surface area contributed by atoms with Crippen LogP contribution >= 0.6 is 0 Å². The third kappa shape index (κ3) is 2.15. The molecule has 0 aromatic carbocycles. The Balaban J connectivity index is 1.86. The fraction of sp³-hybridized carbons (Fsp3) is 0.462. The van der Waals surface area contributed by atoms with Gasteiger partial charge in [0.1, 0.15) is 5.82 Å². The molecule has 0 bridgehead atoms. The number of hydrogen-bond acceptors (Lipinski definition) is 4. The Bertz CT molecular complexity index is 639. The number of H-pyrrole nitrogens is 1. The zero-order valence-corrected chi connectivity index (χ0v) is 11.6. The monoisotopic (exact) mass is 274 g/mol. The summed E-state index contributed by atoms with van der Waals surface area (Å²) in [7, 11) is 1.92. The molecule has 2 aromatic heterocycles. The standard InChI is InChI=1S/C13H18N6O/c1-8-11(14)12(17-16-8)13(20)19(9-3-4-9)7-10-15-5-6-18(10)2/h5-6,9H,3-4,7,14H2,1-2H3,(H,16,17). The van der Waals surface area contributed by atoms with E-state index in [4.69, 9.17) is 5.73 Å². The lowest BCUT2D eigenvalue weighted by molar-refractivity contribution is 0.0719. The Hall–Kier alpha value is -2.31. The number of carbonyl (C=O) groups is 1. The number of carbonyl (C=O) groups excluding carboxylic acids is 1. The molecule has 0 radical (unpaired) electrons. The highest BCUT2D eigenvalue weighted by molar-refractivity contribution is 5.97. The van der Waals surface area contributed by atoms with Crippen LogP contribution in [0.1, 0.15) is 34.8 Å². The SMILES string of the molecule is Cc1[nH]nc(C(=O)N(Cc2nccn2C)C2CC2)c1N. The average molecular weight is 274 g/mol. The van der Waals surface area contributed by atoms with Gasteiger partial charge in [0.15, 0.2) is 5.69 Å². The molecule has 0 saturated heterocycles. The number of nitrogens with one attached hydrogen (secondary N) is 1. The second-order valence-electron chi connectivity index (χ2n) is 5.23. The Kier molecular flexibility index (Phi) is 2.96. The van der Waals surface area contributed by atoms with E-state index in [1.807, 2.05) is 22.7 Å². The van der Waals surface area contributed by atoms with E-state index in [9.17, 15) is 4.79 Å². The molecule has 1 fully saturated rings. The number of aromatic amines is 1. The predicted octanol–water partition coefficient (Wildman–Crippen LogP) is 0.839. The van der Waals surface area contributed by atoms with Crippen molar-refractivity contribution in [3.8, 4) is 0 Å². The highest BCUT2D eigenvalue weighted by atomic mass is 16.2. The first kappa shape index (κ1) is 12.7. The molecular formula is C13H18N6O. The van der Waals surface area contributed by atoms with Gasteiger partial charge in [-0.1, -0.05) is 0 Å². The molecule has 106 valence electrons. The zero-order valence-electron chi connectivity index (χ0n) is 11.6. The highest BCUT2D eigenvalue weighted by Crippen LogP contribution is 2.30. The molecule has 1 aliphatic rings. The summed E-state index contributed by atoms with van der Waals surface area (Å²) >= 11 is 0. The van der Waals surface area contributed by atoms with Crippen molar-refractivity contribution in [2.45, 2.75) is 32.4 Å². The molecule has 0 aliphatic heterocycles. The van der Waals surface area contributed by atoms with Gasteiger partial charge in [0.25, 0.3) is 5.91 Å². The number of nitrogens with two attached hydrogens (primary N) is 1. The van der Waals surface area contributed by atoms with E-state index in [1.165, 1.54) is 0 Å². The van der Waals surface area contributed by atoms with Gasteiger partial charge < -0.3 is 15.2 Å². The van der Waals surface area contributed by atoms with E-state index >= 15 is 0 Å². The van der Waals surface area contributed by atoms with Crippen molar-refractivity contribution in [1.82, 2.24) is 24.6 Å². The molecule has 0 spiro atoms. The number of nitrogen functional groups attached to an aromatic ring is 1. The molecule has 7 heteroatoms. The number of imidazole rings is 1. The van der Waals surface area contributed by atoms with Crippen LogP contribution in [0.15, 0.2) is 12.4 Å². The quantitative estimate of drug-likeness (QED) is 0.864. The summed E-state index contributed by atoms with van der Waals surface area (Å²) in [6.07, 6.45) is 5.66. The van der Waals surface area contributed by atoms with E-state index < -0.39 is 0 Å². The summed E-state index contributed by atoms with van der Waals surface area (Å²) in [4.78, 5) is 18.7. The Morgan fingerprint density at radius 2 is 2.35 bits per heavy atom. The molecule has 1 amide bonds. The lowest BCUT2D eigenvalue weighted by Crippen LogP contribution is -2.34. The van der Waals surface area contributed by atoms with Crippen LogP contribution in [0.2, 0.25) is 0 Å². The van der Waals surface area contributed by atoms with Gasteiger partial charge in [-0.3, -0.25) is 9.89 Å². The van der Waals surface area contributed by atoms with E-state index in [-0.39, 0.29) is 11.9 Å². The maximum atomic E-state index is 12.6. The first-order valence-corrected chi connectivity index (χ1v) is 6.65. The van der Waals surface area contributed by atoms with Crippen molar-refractivity contribution in [1.29, 1.82) is 0 Å². The predicted molar refractivity (Wildman–Crippen MR) is 73.8 cm³/mol. The third-order valence-corrected chi connectivity index (χ3v) is 3.68. The van der Waals surface area contributed by atoms with Gasteiger partial charge in [-0.15, -0.1) is 0 Å². The van der Waals surface area contributed by atoms with E-state index in [2.05, 4.69) is 15.2 Å². The Morgan fingerprint density at radius 1 is 1.60 bits per heavy atom. The van der Waals surface area contributed by atoms with Crippen molar-refractivity contribution >= 4 is 11.6 Å². The van der Waals surface area contributed by atoms with E-state index in [0.717, 1.165) is 24.4 Å². The molecule has 0 unspecified atom stereocenters. The van der Waals surface area contributed by atoms with Crippen molar-refractivity contribution in [3.05, 3.63) is 29.6 Å². The number of amides is 1. The molecule has 0 atom stereocenters. The summed E-state index contributed by atoms with van der Waals surface area (Å²) in [5, 5.41) is 6.79. The molecule has 7 nitrogen and oxygen atoms in total. The van der Waals surface area contributed by atoms with Gasteiger partial charge in [-0.05, 0) is 19.8 Å². The zero-order chi connectivity index (χ0) is 14.3. The molecule has 1 aliphatic carbocycles. The molecular weight excluding hydrogens is 256 g/mol. The smallest absolute Gasteiger partial charge is 0.277 e. The molecule has 3 N–H and O–H groups in total. The van der Waals surface area contributed by atoms with Gasteiger partial charge in [-0.25, -0.2) is 4.98 Å². The second kappa shape index (κ2) is 4.66. The van der Waals surface area contributed by atoms with Crippen molar-refractivity contribution < 1.29 is 4.79 Å². The average Bonchev–Trinajstić information content (AvgIpc) is 3.11. The third-order valence-electron chi connectivity index (χ3n) is 3.68. The largest absolute Gasteiger partial charge is 0.395 e. The lowest BCUT2D eigenvalue weighted by atomic mass is 10.2. The number of aromatic nitrogens is 4. The molecule has 1 saturated carbocycles. The molecule has 2 heterocycles. The first-order chi connectivity index (χ1) is 9.58. The van der Waals surface area contributed by atoms with Crippen LogP contribution in [0.4, 0.5) is 5.69 Å². The maximum absolute atomic E-state index is 12.6. The molecule has 2 aromatic rings. The minimum Gasteiger partial charge on any atom is -0.395 e. The van der Waals surface area contributed by atoms with Crippen molar-refractivity contribution in [2.24, 2.45) is 7.05 Å². The summed E-state index contributed by atoms with van der Waals surface area (Å²) in [6.45, 7) is 2.29. The van der Waals surface area contributed by atoms with Crippen LogP contribution in [0.25, 0.3) is 0 Å². The number of hydrogen-bond donors (Lipinski definition) is 2. The van der Waals surface area contributed by atoms with Gasteiger partial charge in [0, 0.05) is 25.5 Å². The summed E-state index contributed by atoms with van der Waals surface area (Å²) < 4.78 is 1.92. The maximum Gasteiger partial charge on any atom is 0.277 e. The van der Waals surface area contributed by atoms with Crippen LogP contribution in [0, 0.1) is 6.92 Å². The van der Waals surface area contributed by atoms with E-state index in [1.54, 1.807) is 13.1 Å². The van der Waals surface area contributed by atoms with Crippen LogP contribution < -0.4 is 5.73 Å². The number of nitrogens with zero attached hydrogens (tertiary/aromatic N) is 4. The molecule has 20 heavy (non-hydrogen) atoms. The van der Waals surface area contributed by atoms with Crippen LogP contribution in [-0.2, 0) is 13.6 Å². The summed E-state index contributed by atoms with van der Waals surface area (Å²) in [5.74, 6) is 0.730. The lowest BCUT2D eigenvalue weighted by Gasteiger charge is -2.21. The summed E-state index contributed by atoms with van der Waals surface area (Å²) in [5.41, 5.74) is 7.37. The van der Waals surface area contributed by atoms with Crippen LogP contribution in [0.3, 0.4) is 0 Å². The molecule has 3 rings (SSSR count).